The molecule has 0 radical (unpaired) electrons. The van der Waals surface area contributed by atoms with Gasteiger partial charge in [-0.15, -0.1) is 0 Å². The molecule has 1 aromatic carbocycles. The average molecular weight is 221 g/mol. The van der Waals surface area contributed by atoms with Gasteiger partial charge in [0.05, 0.1) is 5.52 Å². The van der Waals surface area contributed by atoms with Crippen LogP contribution in [-0.4, -0.2) is 18.1 Å². The van der Waals surface area contributed by atoms with Crippen molar-refractivity contribution in [1.29, 1.82) is 0 Å². The number of hydrogen-bond donors (Lipinski definition) is 3. The number of H-pyrrole nitrogens is 1. The summed E-state index contributed by atoms with van der Waals surface area (Å²) in [5.41, 5.74) is 8.22. The molecular formula is C11H15N3O2. The molecule has 86 valence electrons. The SMILES string of the molecule is CCNCC(N)c1ccc2oc(=O)[nH]c2c1. The highest BCUT2D eigenvalue weighted by molar-refractivity contribution is 5.72. The van der Waals surface area contributed by atoms with E-state index in [0.29, 0.717) is 17.6 Å². The van der Waals surface area contributed by atoms with Crippen LogP contribution in [0.3, 0.4) is 0 Å². The van der Waals surface area contributed by atoms with Crippen molar-refractivity contribution in [1.82, 2.24) is 10.3 Å². The summed E-state index contributed by atoms with van der Waals surface area (Å²) in [5.74, 6) is -0.438. The largest absolute Gasteiger partial charge is 0.417 e. The Morgan fingerprint density at radius 3 is 3.12 bits per heavy atom. The third kappa shape index (κ3) is 2.15. The Morgan fingerprint density at radius 1 is 1.56 bits per heavy atom. The van der Waals surface area contributed by atoms with Crippen molar-refractivity contribution in [2.75, 3.05) is 13.1 Å². The van der Waals surface area contributed by atoms with Gasteiger partial charge in [0.2, 0.25) is 0 Å². The van der Waals surface area contributed by atoms with Crippen LogP contribution in [0.4, 0.5) is 0 Å². The van der Waals surface area contributed by atoms with Gasteiger partial charge in [0.1, 0.15) is 0 Å². The van der Waals surface area contributed by atoms with Crippen LogP contribution in [0.5, 0.6) is 0 Å². The molecule has 5 heteroatoms. The average Bonchev–Trinajstić information content (AvgIpc) is 2.64. The highest BCUT2D eigenvalue weighted by Crippen LogP contribution is 2.16. The van der Waals surface area contributed by atoms with Crippen molar-refractivity contribution in [3.05, 3.63) is 34.3 Å². The topological polar surface area (TPSA) is 84.0 Å². The number of aromatic amines is 1. The molecule has 0 saturated heterocycles. The molecule has 0 aliphatic rings. The van der Waals surface area contributed by atoms with Crippen molar-refractivity contribution in [2.45, 2.75) is 13.0 Å². The number of oxazole rings is 1. The second-order valence-corrected chi connectivity index (χ2v) is 3.68. The van der Waals surface area contributed by atoms with Gasteiger partial charge in [-0.2, -0.15) is 0 Å². The number of hydrogen-bond acceptors (Lipinski definition) is 4. The van der Waals surface area contributed by atoms with E-state index >= 15 is 0 Å². The standard InChI is InChI=1S/C11H15N3O2/c1-2-13-6-8(12)7-3-4-10-9(5-7)14-11(15)16-10/h3-5,8,13H,2,6,12H2,1H3,(H,14,15). The van der Waals surface area contributed by atoms with E-state index in [1.165, 1.54) is 0 Å². The first-order valence-electron chi connectivity index (χ1n) is 5.29. The van der Waals surface area contributed by atoms with Gasteiger partial charge in [-0.3, -0.25) is 4.98 Å². The number of fused-ring (bicyclic) bond motifs is 1. The van der Waals surface area contributed by atoms with E-state index in [-0.39, 0.29) is 6.04 Å². The van der Waals surface area contributed by atoms with Crippen molar-refractivity contribution >= 4 is 11.1 Å². The number of nitrogens with two attached hydrogens (primary N) is 1. The first-order valence-corrected chi connectivity index (χ1v) is 5.29. The molecule has 1 aromatic heterocycles. The maximum atomic E-state index is 11.0. The Morgan fingerprint density at radius 2 is 2.38 bits per heavy atom. The number of likely N-dealkylation sites (N-methyl/N-ethyl adjacent to an activating group) is 1. The Bertz CT molecular complexity index is 529. The summed E-state index contributed by atoms with van der Waals surface area (Å²) in [6, 6.07) is 5.40. The van der Waals surface area contributed by atoms with E-state index in [1.807, 2.05) is 19.1 Å². The number of aromatic nitrogens is 1. The summed E-state index contributed by atoms with van der Waals surface area (Å²) in [7, 11) is 0. The van der Waals surface area contributed by atoms with Gasteiger partial charge in [0.15, 0.2) is 5.58 Å². The molecule has 0 saturated carbocycles. The maximum absolute atomic E-state index is 11.0. The van der Waals surface area contributed by atoms with Gasteiger partial charge in [-0.1, -0.05) is 13.0 Å². The van der Waals surface area contributed by atoms with Crippen LogP contribution >= 0.6 is 0 Å². The van der Waals surface area contributed by atoms with Crippen molar-refractivity contribution in [2.24, 2.45) is 5.73 Å². The molecule has 0 aliphatic heterocycles. The second-order valence-electron chi connectivity index (χ2n) is 3.68. The van der Waals surface area contributed by atoms with Crippen molar-refractivity contribution < 1.29 is 4.42 Å². The number of benzene rings is 1. The molecule has 4 N–H and O–H groups in total. The third-order valence-electron chi connectivity index (χ3n) is 2.49. The lowest BCUT2D eigenvalue weighted by molar-refractivity contribution is 0.555. The lowest BCUT2D eigenvalue weighted by atomic mass is 10.1. The smallest absolute Gasteiger partial charge is 0.408 e. The highest BCUT2D eigenvalue weighted by atomic mass is 16.4. The third-order valence-corrected chi connectivity index (χ3v) is 2.49. The van der Waals surface area contributed by atoms with Gasteiger partial charge in [-0.05, 0) is 24.2 Å². The van der Waals surface area contributed by atoms with E-state index in [0.717, 1.165) is 12.1 Å². The molecule has 0 spiro atoms. The summed E-state index contributed by atoms with van der Waals surface area (Å²) >= 11 is 0. The molecule has 2 rings (SSSR count). The van der Waals surface area contributed by atoms with Crippen LogP contribution in [0.15, 0.2) is 27.4 Å². The minimum atomic E-state index is -0.438. The molecular weight excluding hydrogens is 206 g/mol. The van der Waals surface area contributed by atoms with Gasteiger partial charge >= 0.3 is 5.76 Å². The highest BCUT2D eigenvalue weighted by Gasteiger charge is 2.08. The maximum Gasteiger partial charge on any atom is 0.417 e. The monoisotopic (exact) mass is 221 g/mol. The van der Waals surface area contributed by atoms with E-state index in [2.05, 4.69) is 10.3 Å². The summed E-state index contributed by atoms with van der Waals surface area (Å²) in [6.07, 6.45) is 0. The lowest BCUT2D eigenvalue weighted by Crippen LogP contribution is -2.26. The molecule has 1 atom stereocenters. The van der Waals surface area contributed by atoms with Gasteiger partial charge < -0.3 is 15.5 Å². The minimum Gasteiger partial charge on any atom is -0.408 e. The van der Waals surface area contributed by atoms with Crippen molar-refractivity contribution in [3.8, 4) is 0 Å². The summed E-state index contributed by atoms with van der Waals surface area (Å²) in [6.45, 7) is 3.63. The number of nitrogens with one attached hydrogen (secondary N) is 2. The van der Waals surface area contributed by atoms with Gasteiger partial charge in [0, 0.05) is 12.6 Å². The van der Waals surface area contributed by atoms with Gasteiger partial charge in [-0.25, -0.2) is 4.79 Å². The Hall–Kier alpha value is -1.59. The lowest BCUT2D eigenvalue weighted by Gasteiger charge is -2.11. The molecule has 0 fully saturated rings. The van der Waals surface area contributed by atoms with E-state index in [1.54, 1.807) is 6.07 Å². The summed E-state index contributed by atoms with van der Waals surface area (Å²) in [4.78, 5) is 13.6. The molecule has 2 aromatic rings. The summed E-state index contributed by atoms with van der Waals surface area (Å²) < 4.78 is 4.92. The normalized spacial score (nSPS) is 13.1. The zero-order valence-electron chi connectivity index (χ0n) is 9.12. The fraction of sp³-hybridized carbons (Fsp3) is 0.364. The Labute approximate surface area is 92.6 Å². The Balaban J connectivity index is 2.27. The first-order chi connectivity index (χ1) is 7.70. The molecule has 0 bridgehead atoms. The molecule has 0 aliphatic carbocycles. The van der Waals surface area contributed by atoms with E-state index in [4.69, 9.17) is 10.2 Å². The molecule has 1 unspecified atom stereocenters. The van der Waals surface area contributed by atoms with Crippen LogP contribution in [0, 0.1) is 0 Å². The fourth-order valence-electron chi connectivity index (χ4n) is 1.62. The minimum absolute atomic E-state index is 0.0808. The zero-order chi connectivity index (χ0) is 11.5. The van der Waals surface area contributed by atoms with Crippen LogP contribution in [0.2, 0.25) is 0 Å². The molecule has 0 amide bonds. The van der Waals surface area contributed by atoms with Crippen LogP contribution < -0.4 is 16.8 Å². The molecule has 5 nitrogen and oxygen atoms in total. The number of rotatable bonds is 4. The fourth-order valence-corrected chi connectivity index (χ4v) is 1.62. The predicted molar refractivity (Wildman–Crippen MR) is 62.3 cm³/mol. The van der Waals surface area contributed by atoms with Crippen molar-refractivity contribution in [3.63, 3.8) is 0 Å². The van der Waals surface area contributed by atoms with E-state index < -0.39 is 5.76 Å². The Kier molecular flexibility index (Phi) is 3.07. The van der Waals surface area contributed by atoms with Crippen LogP contribution in [-0.2, 0) is 0 Å². The van der Waals surface area contributed by atoms with Crippen LogP contribution in [0.1, 0.15) is 18.5 Å². The molecule has 16 heavy (non-hydrogen) atoms. The quantitative estimate of drug-likeness (QED) is 0.710. The zero-order valence-corrected chi connectivity index (χ0v) is 9.12. The second kappa shape index (κ2) is 4.51. The predicted octanol–water partition coefficient (Wildman–Crippen LogP) is 0.730. The van der Waals surface area contributed by atoms with Crippen LogP contribution in [0.25, 0.3) is 11.1 Å². The molecule has 1 heterocycles. The summed E-state index contributed by atoms with van der Waals surface area (Å²) in [5, 5.41) is 3.18. The van der Waals surface area contributed by atoms with Gasteiger partial charge in [0.25, 0.3) is 0 Å². The van der Waals surface area contributed by atoms with E-state index in [9.17, 15) is 4.79 Å². The first kappa shape index (κ1) is 10.9.